The summed E-state index contributed by atoms with van der Waals surface area (Å²) in [5.74, 6) is -0.391. The maximum Gasteiger partial charge on any atom is 0.243 e. The lowest BCUT2D eigenvalue weighted by molar-refractivity contribution is -0.126. The van der Waals surface area contributed by atoms with E-state index in [1.807, 2.05) is 31.2 Å². The van der Waals surface area contributed by atoms with Crippen molar-refractivity contribution in [2.75, 3.05) is 19.6 Å². The van der Waals surface area contributed by atoms with Crippen LogP contribution in [0.25, 0.3) is 0 Å². The largest absolute Gasteiger partial charge is 0.356 e. The number of carbonyl (C=O) groups excluding carboxylic acids is 1. The Hall–Kier alpha value is -1.89. The molecule has 7 heteroatoms. The molecule has 1 N–H and O–H groups in total. The van der Waals surface area contributed by atoms with E-state index in [9.17, 15) is 13.2 Å². The van der Waals surface area contributed by atoms with Gasteiger partial charge in [-0.25, -0.2) is 8.42 Å². The molecule has 0 spiro atoms. The van der Waals surface area contributed by atoms with Crippen molar-refractivity contribution in [3.05, 3.63) is 64.7 Å². The Bertz CT molecular complexity index is 945. The van der Waals surface area contributed by atoms with E-state index >= 15 is 0 Å². The Labute approximate surface area is 178 Å². The number of carbonyl (C=O) groups is 1. The number of nitrogens with zero attached hydrogens (tertiary/aromatic N) is 1. The second kappa shape index (κ2) is 9.74. The minimum Gasteiger partial charge on any atom is -0.356 e. The summed E-state index contributed by atoms with van der Waals surface area (Å²) in [6.07, 6.45) is 2.96. The van der Waals surface area contributed by atoms with Crippen LogP contribution in [0.3, 0.4) is 0 Å². The van der Waals surface area contributed by atoms with Crippen molar-refractivity contribution in [2.45, 2.75) is 37.5 Å². The summed E-state index contributed by atoms with van der Waals surface area (Å²) >= 11 is 6.16. The molecule has 156 valence electrons. The number of rotatable bonds is 7. The Morgan fingerprint density at radius 1 is 1.17 bits per heavy atom. The van der Waals surface area contributed by atoms with Crippen molar-refractivity contribution in [3.8, 4) is 0 Å². The molecule has 0 aromatic heterocycles. The van der Waals surface area contributed by atoms with Crippen molar-refractivity contribution >= 4 is 27.5 Å². The summed E-state index contributed by atoms with van der Waals surface area (Å²) in [4.78, 5) is 12.9. The third-order valence-electron chi connectivity index (χ3n) is 5.29. The van der Waals surface area contributed by atoms with Crippen LogP contribution in [0.5, 0.6) is 0 Å². The van der Waals surface area contributed by atoms with Crippen LogP contribution in [0.15, 0.2) is 53.4 Å². The highest BCUT2D eigenvalue weighted by Gasteiger charge is 2.33. The normalized spacial score (nSPS) is 17.8. The maximum atomic E-state index is 12.9. The molecule has 2 aromatic rings. The Morgan fingerprint density at radius 3 is 2.62 bits per heavy atom. The number of nitrogens with one attached hydrogen (secondary N) is 1. The van der Waals surface area contributed by atoms with Crippen LogP contribution >= 0.6 is 11.6 Å². The first-order chi connectivity index (χ1) is 13.9. The summed E-state index contributed by atoms with van der Waals surface area (Å²) in [5.41, 5.74) is 2.08. The van der Waals surface area contributed by atoms with Crippen LogP contribution in [0, 0.1) is 12.8 Å². The molecule has 1 heterocycles. The van der Waals surface area contributed by atoms with Crippen LogP contribution < -0.4 is 5.32 Å². The quantitative estimate of drug-likeness (QED) is 0.674. The molecule has 1 fully saturated rings. The minimum atomic E-state index is -3.57. The summed E-state index contributed by atoms with van der Waals surface area (Å²) in [5, 5.41) is 3.70. The van der Waals surface area contributed by atoms with Crippen LogP contribution in [0.2, 0.25) is 5.02 Å². The van der Waals surface area contributed by atoms with Crippen LogP contribution in [-0.2, 0) is 21.2 Å². The van der Waals surface area contributed by atoms with Gasteiger partial charge in [-0.05, 0) is 56.4 Å². The van der Waals surface area contributed by atoms with Gasteiger partial charge in [0.05, 0.1) is 10.8 Å². The third kappa shape index (κ3) is 5.59. The van der Waals surface area contributed by atoms with Gasteiger partial charge in [0.25, 0.3) is 0 Å². The zero-order chi connectivity index (χ0) is 20.9. The van der Waals surface area contributed by atoms with Crippen molar-refractivity contribution in [3.63, 3.8) is 0 Å². The highest BCUT2D eigenvalue weighted by molar-refractivity contribution is 7.89. The summed E-state index contributed by atoms with van der Waals surface area (Å²) in [7, 11) is -3.57. The van der Waals surface area contributed by atoms with E-state index in [1.54, 1.807) is 24.3 Å². The van der Waals surface area contributed by atoms with Gasteiger partial charge in [0.1, 0.15) is 0 Å². The number of amides is 1. The SMILES string of the molecule is Cc1ccc(S(=O)(=O)N2CCCC(C(=O)NCCCc3ccccc3Cl)C2)cc1. The summed E-state index contributed by atoms with van der Waals surface area (Å²) in [6, 6.07) is 14.5. The molecular weight excluding hydrogens is 408 g/mol. The lowest BCUT2D eigenvalue weighted by atomic mass is 9.99. The van der Waals surface area contributed by atoms with Crippen LogP contribution in [-0.4, -0.2) is 38.3 Å². The van der Waals surface area contributed by atoms with Gasteiger partial charge in [0.15, 0.2) is 0 Å². The first-order valence-electron chi connectivity index (χ1n) is 9.96. The minimum absolute atomic E-state index is 0.0760. The van der Waals surface area contributed by atoms with E-state index < -0.39 is 10.0 Å². The molecule has 29 heavy (non-hydrogen) atoms. The number of aryl methyl sites for hydroxylation is 2. The van der Waals surface area contributed by atoms with Gasteiger partial charge in [0, 0.05) is 24.7 Å². The van der Waals surface area contributed by atoms with Gasteiger partial charge in [0.2, 0.25) is 15.9 Å². The molecule has 0 bridgehead atoms. The van der Waals surface area contributed by atoms with Crippen molar-refractivity contribution in [2.24, 2.45) is 5.92 Å². The van der Waals surface area contributed by atoms with Crippen molar-refractivity contribution in [1.82, 2.24) is 9.62 Å². The van der Waals surface area contributed by atoms with E-state index in [0.717, 1.165) is 29.0 Å². The average Bonchev–Trinajstić information content (AvgIpc) is 2.72. The van der Waals surface area contributed by atoms with E-state index in [1.165, 1.54) is 4.31 Å². The second-order valence-corrected chi connectivity index (χ2v) is 9.85. The number of hydrogen-bond donors (Lipinski definition) is 1. The predicted molar refractivity (Wildman–Crippen MR) is 115 cm³/mol. The highest BCUT2D eigenvalue weighted by Crippen LogP contribution is 2.24. The molecule has 0 aliphatic carbocycles. The van der Waals surface area contributed by atoms with Gasteiger partial charge in [-0.2, -0.15) is 4.31 Å². The molecular formula is C22H27ClN2O3S. The molecule has 1 unspecified atom stereocenters. The fraction of sp³-hybridized carbons (Fsp3) is 0.409. The standard InChI is InChI=1S/C22H27ClN2O3S/c1-17-10-12-20(13-11-17)29(27,28)25-15-5-8-19(16-25)22(26)24-14-4-7-18-6-2-3-9-21(18)23/h2-3,6,9-13,19H,4-5,7-8,14-16H2,1H3,(H,24,26). The molecule has 3 rings (SSSR count). The fourth-order valence-electron chi connectivity index (χ4n) is 3.57. The van der Waals surface area contributed by atoms with E-state index in [2.05, 4.69) is 5.32 Å². The first-order valence-corrected chi connectivity index (χ1v) is 11.8. The maximum absolute atomic E-state index is 12.9. The first kappa shape index (κ1) is 21.8. The van der Waals surface area contributed by atoms with Gasteiger partial charge in [-0.3, -0.25) is 4.79 Å². The van der Waals surface area contributed by atoms with Crippen LogP contribution in [0.4, 0.5) is 0 Å². The molecule has 5 nitrogen and oxygen atoms in total. The lowest BCUT2D eigenvalue weighted by Gasteiger charge is -2.31. The number of benzene rings is 2. The Balaban J connectivity index is 1.52. The van der Waals surface area contributed by atoms with E-state index in [0.29, 0.717) is 25.9 Å². The summed E-state index contributed by atoms with van der Waals surface area (Å²) < 4.78 is 27.2. The zero-order valence-electron chi connectivity index (χ0n) is 16.6. The average molecular weight is 435 g/mol. The molecule has 0 saturated carbocycles. The molecule has 1 atom stereocenters. The molecule has 1 aliphatic rings. The fourth-order valence-corrected chi connectivity index (χ4v) is 5.32. The zero-order valence-corrected chi connectivity index (χ0v) is 18.2. The molecule has 1 aliphatic heterocycles. The lowest BCUT2D eigenvalue weighted by Crippen LogP contribution is -2.45. The summed E-state index contributed by atoms with van der Waals surface area (Å²) in [6.45, 7) is 3.15. The van der Waals surface area contributed by atoms with Gasteiger partial charge < -0.3 is 5.32 Å². The van der Waals surface area contributed by atoms with Gasteiger partial charge in [-0.15, -0.1) is 0 Å². The smallest absolute Gasteiger partial charge is 0.243 e. The monoisotopic (exact) mass is 434 g/mol. The highest BCUT2D eigenvalue weighted by atomic mass is 35.5. The van der Waals surface area contributed by atoms with Gasteiger partial charge in [-0.1, -0.05) is 47.5 Å². The molecule has 1 amide bonds. The third-order valence-corrected chi connectivity index (χ3v) is 7.54. The second-order valence-electron chi connectivity index (χ2n) is 7.50. The molecule has 0 radical (unpaired) electrons. The number of hydrogen-bond acceptors (Lipinski definition) is 3. The number of halogens is 1. The Morgan fingerprint density at radius 2 is 1.90 bits per heavy atom. The van der Waals surface area contributed by atoms with Gasteiger partial charge >= 0.3 is 0 Å². The molecule has 2 aromatic carbocycles. The van der Waals surface area contributed by atoms with Crippen molar-refractivity contribution in [1.29, 1.82) is 0 Å². The van der Waals surface area contributed by atoms with Crippen molar-refractivity contribution < 1.29 is 13.2 Å². The van der Waals surface area contributed by atoms with E-state index in [4.69, 9.17) is 11.6 Å². The number of piperidine rings is 1. The predicted octanol–water partition coefficient (Wildman–Crippen LogP) is 3.80. The molecule has 1 saturated heterocycles. The topological polar surface area (TPSA) is 66.5 Å². The van der Waals surface area contributed by atoms with Crippen LogP contribution in [0.1, 0.15) is 30.4 Å². The Kier molecular flexibility index (Phi) is 7.33. The van der Waals surface area contributed by atoms with E-state index in [-0.39, 0.29) is 23.3 Å². The number of sulfonamides is 1.